The fourth-order valence-corrected chi connectivity index (χ4v) is 2.05. The van der Waals surface area contributed by atoms with Gasteiger partial charge in [0.15, 0.2) is 0 Å². The minimum absolute atomic E-state index is 0.0267. The summed E-state index contributed by atoms with van der Waals surface area (Å²) in [6.45, 7) is 0.701. The van der Waals surface area contributed by atoms with Crippen LogP contribution in [0.2, 0.25) is 10.0 Å². The largest absolute Gasteiger partial charge is 0.395 e. The molecule has 1 heterocycles. The molecule has 0 bridgehead atoms. The molecule has 0 saturated heterocycles. The highest BCUT2D eigenvalue weighted by atomic mass is 35.5. The van der Waals surface area contributed by atoms with E-state index in [2.05, 4.69) is 9.97 Å². The van der Waals surface area contributed by atoms with E-state index >= 15 is 0 Å². The third-order valence-corrected chi connectivity index (χ3v) is 3.36. The number of anilines is 1. The van der Waals surface area contributed by atoms with Gasteiger partial charge in [0, 0.05) is 13.1 Å². The molecule has 2 aromatic rings. The summed E-state index contributed by atoms with van der Waals surface area (Å²) in [4.78, 5) is 10.4. The molecule has 7 heteroatoms. The van der Waals surface area contributed by atoms with Crippen LogP contribution in [0.4, 0.5) is 5.82 Å². The van der Waals surface area contributed by atoms with Gasteiger partial charge in [-0.1, -0.05) is 23.2 Å². The Balaban J connectivity index is 2.41. The van der Waals surface area contributed by atoms with Gasteiger partial charge in [0.05, 0.1) is 40.5 Å². The monoisotopic (exact) mass is 301 g/mol. The zero-order valence-electron chi connectivity index (χ0n) is 10.1. The Labute approximate surface area is 120 Å². The first-order chi connectivity index (χ1) is 9.15. The lowest BCUT2D eigenvalue weighted by Crippen LogP contribution is -2.30. The van der Waals surface area contributed by atoms with E-state index in [1.807, 2.05) is 0 Å². The van der Waals surface area contributed by atoms with Crippen LogP contribution in [0.1, 0.15) is 0 Å². The Morgan fingerprint density at radius 1 is 1.00 bits per heavy atom. The maximum atomic E-state index is 9.01. The minimum atomic E-state index is -0.0267. The number of aliphatic hydroxyl groups is 2. The van der Waals surface area contributed by atoms with Crippen molar-refractivity contribution in [2.75, 3.05) is 31.2 Å². The van der Waals surface area contributed by atoms with Crippen molar-refractivity contribution in [2.24, 2.45) is 0 Å². The van der Waals surface area contributed by atoms with E-state index < -0.39 is 0 Å². The molecule has 19 heavy (non-hydrogen) atoms. The van der Waals surface area contributed by atoms with Crippen molar-refractivity contribution in [3.63, 3.8) is 0 Å². The molecule has 2 rings (SSSR count). The first kappa shape index (κ1) is 14.3. The normalized spacial score (nSPS) is 10.9. The van der Waals surface area contributed by atoms with Gasteiger partial charge in [-0.25, -0.2) is 4.98 Å². The Bertz CT molecular complexity index is 574. The van der Waals surface area contributed by atoms with Crippen molar-refractivity contribution < 1.29 is 10.2 Å². The maximum Gasteiger partial charge on any atom is 0.148 e. The van der Waals surface area contributed by atoms with Crippen LogP contribution >= 0.6 is 23.2 Å². The molecule has 0 spiro atoms. The van der Waals surface area contributed by atoms with Gasteiger partial charge in [-0.05, 0) is 12.1 Å². The van der Waals surface area contributed by atoms with Crippen LogP contribution in [0.25, 0.3) is 11.0 Å². The second-order valence-electron chi connectivity index (χ2n) is 3.92. The zero-order valence-corrected chi connectivity index (χ0v) is 11.6. The summed E-state index contributed by atoms with van der Waals surface area (Å²) in [5, 5.41) is 18.9. The van der Waals surface area contributed by atoms with Gasteiger partial charge < -0.3 is 15.1 Å². The molecule has 0 atom stereocenters. The van der Waals surface area contributed by atoms with Gasteiger partial charge >= 0.3 is 0 Å². The van der Waals surface area contributed by atoms with Gasteiger partial charge in [0.2, 0.25) is 0 Å². The number of halogens is 2. The van der Waals surface area contributed by atoms with Crippen LogP contribution in [0.3, 0.4) is 0 Å². The number of benzene rings is 1. The molecular weight excluding hydrogens is 289 g/mol. The van der Waals surface area contributed by atoms with E-state index in [0.29, 0.717) is 40.0 Å². The van der Waals surface area contributed by atoms with Crippen molar-refractivity contribution in [3.8, 4) is 0 Å². The lowest BCUT2D eigenvalue weighted by atomic mass is 10.3. The molecule has 0 saturated carbocycles. The Hall–Kier alpha value is -1.14. The number of fused-ring (bicyclic) bond motifs is 1. The molecule has 0 unspecified atom stereocenters. The smallest absolute Gasteiger partial charge is 0.148 e. The molecule has 0 aliphatic heterocycles. The average Bonchev–Trinajstić information content (AvgIpc) is 2.39. The minimum Gasteiger partial charge on any atom is -0.395 e. The molecule has 0 amide bonds. The average molecular weight is 302 g/mol. The van der Waals surface area contributed by atoms with E-state index in [0.717, 1.165) is 0 Å². The predicted molar refractivity (Wildman–Crippen MR) is 75.9 cm³/mol. The highest BCUT2D eigenvalue weighted by Gasteiger charge is 2.10. The van der Waals surface area contributed by atoms with Crippen molar-refractivity contribution in [3.05, 3.63) is 28.4 Å². The Kier molecular flexibility index (Phi) is 4.76. The summed E-state index contributed by atoms with van der Waals surface area (Å²) in [7, 11) is 0. The SMILES string of the molecule is OCCN(CCO)c1cnc2cc(Cl)c(Cl)cc2n1. The van der Waals surface area contributed by atoms with Gasteiger partial charge in [0.1, 0.15) is 5.82 Å². The second kappa shape index (κ2) is 6.34. The summed E-state index contributed by atoms with van der Waals surface area (Å²) in [5.41, 5.74) is 1.26. The molecule has 1 aromatic heterocycles. The highest BCUT2D eigenvalue weighted by molar-refractivity contribution is 6.42. The van der Waals surface area contributed by atoms with Crippen LogP contribution < -0.4 is 4.90 Å². The lowest BCUT2D eigenvalue weighted by Gasteiger charge is -2.21. The summed E-state index contributed by atoms with van der Waals surface area (Å²) in [5.74, 6) is 0.578. The van der Waals surface area contributed by atoms with Gasteiger partial charge in [-0.15, -0.1) is 0 Å². The van der Waals surface area contributed by atoms with Crippen molar-refractivity contribution >= 4 is 40.1 Å². The highest BCUT2D eigenvalue weighted by Crippen LogP contribution is 2.26. The number of nitrogens with zero attached hydrogens (tertiary/aromatic N) is 3. The molecule has 2 N–H and O–H groups in total. The first-order valence-corrected chi connectivity index (χ1v) is 6.49. The van der Waals surface area contributed by atoms with Crippen molar-refractivity contribution in [1.29, 1.82) is 0 Å². The standard InChI is InChI=1S/C12H13Cl2N3O2/c13-8-5-10-11(6-9(8)14)16-12(7-15-10)17(1-3-18)2-4-19/h5-7,18-19H,1-4H2. The van der Waals surface area contributed by atoms with Crippen molar-refractivity contribution in [2.45, 2.75) is 0 Å². The molecule has 0 fully saturated rings. The Morgan fingerprint density at radius 2 is 1.58 bits per heavy atom. The lowest BCUT2D eigenvalue weighted by molar-refractivity contribution is 0.280. The molecule has 1 aromatic carbocycles. The third-order valence-electron chi connectivity index (χ3n) is 2.64. The van der Waals surface area contributed by atoms with Crippen molar-refractivity contribution in [1.82, 2.24) is 9.97 Å². The van der Waals surface area contributed by atoms with E-state index in [4.69, 9.17) is 33.4 Å². The topological polar surface area (TPSA) is 69.5 Å². The number of aromatic nitrogens is 2. The summed E-state index contributed by atoms with van der Waals surface area (Å²) < 4.78 is 0. The quantitative estimate of drug-likeness (QED) is 0.880. The van der Waals surface area contributed by atoms with Crippen LogP contribution in [-0.2, 0) is 0 Å². The zero-order chi connectivity index (χ0) is 13.8. The fraction of sp³-hybridized carbons (Fsp3) is 0.333. The first-order valence-electron chi connectivity index (χ1n) is 5.74. The summed E-state index contributed by atoms with van der Waals surface area (Å²) in [6, 6.07) is 3.30. The van der Waals surface area contributed by atoms with Gasteiger partial charge in [-0.2, -0.15) is 0 Å². The van der Waals surface area contributed by atoms with E-state index in [1.165, 1.54) is 0 Å². The second-order valence-corrected chi connectivity index (χ2v) is 4.73. The number of hydrogen-bond acceptors (Lipinski definition) is 5. The number of rotatable bonds is 5. The van der Waals surface area contributed by atoms with Crippen LogP contribution in [-0.4, -0.2) is 46.5 Å². The molecule has 0 aliphatic carbocycles. The third kappa shape index (κ3) is 3.25. The summed E-state index contributed by atoms with van der Waals surface area (Å²) >= 11 is 11.9. The molecule has 5 nitrogen and oxygen atoms in total. The molecule has 0 aliphatic rings. The molecular formula is C12H13Cl2N3O2. The summed E-state index contributed by atoms with van der Waals surface area (Å²) in [6.07, 6.45) is 1.58. The van der Waals surface area contributed by atoms with E-state index in [-0.39, 0.29) is 13.2 Å². The predicted octanol–water partition coefficient (Wildman–Crippen LogP) is 1.73. The fourth-order valence-electron chi connectivity index (χ4n) is 1.73. The van der Waals surface area contributed by atoms with E-state index in [9.17, 15) is 0 Å². The molecule has 102 valence electrons. The van der Waals surface area contributed by atoms with Crippen LogP contribution in [0.15, 0.2) is 18.3 Å². The van der Waals surface area contributed by atoms with Gasteiger partial charge in [0.25, 0.3) is 0 Å². The van der Waals surface area contributed by atoms with Gasteiger partial charge in [-0.3, -0.25) is 4.98 Å². The van der Waals surface area contributed by atoms with Crippen LogP contribution in [0, 0.1) is 0 Å². The maximum absolute atomic E-state index is 9.01. The van der Waals surface area contributed by atoms with E-state index in [1.54, 1.807) is 23.2 Å². The number of hydrogen-bond donors (Lipinski definition) is 2. The molecule has 0 radical (unpaired) electrons. The Morgan fingerprint density at radius 3 is 2.16 bits per heavy atom. The van der Waals surface area contributed by atoms with Crippen LogP contribution in [0.5, 0.6) is 0 Å². The number of aliphatic hydroxyl groups excluding tert-OH is 2.